The highest BCUT2D eigenvalue weighted by atomic mass is 16.8. The van der Waals surface area contributed by atoms with Crippen molar-refractivity contribution in [1.82, 2.24) is 20.1 Å². The summed E-state index contributed by atoms with van der Waals surface area (Å²) in [5, 5.41) is 9.67. The second-order valence-corrected chi connectivity index (χ2v) is 12.2. The van der Waals surface area contributed by atoms with Crippen molar-refractivity contribution in [1.29, 1.82) is 0 Å². The number of ether oxygens (including phenoxy) is 7. The minimum Gasteiger partial charge on any atom is -0.454 e. The molecule has 0 N–H and O–H groups in total. The van der Waals surface area contributed by atoms with Gasteiger partial charge in [-0.15, -0.1) is 5.10 Å². The van der Waals surface area contributed by atoms with Gasteiger partial charge in [0.05, 0.1) is 30.4 Å². The summed E-state index contributed by atoms with van der Waals surface area (Å²) in [5.41, 5.74) is -0.0467. The monoisotopic (exact) mass is 680 g/mol. The number of aromatic nitrogens is 3. The van der Waals surface area contributed by atoms with Crippen LogP contribution in [0.5, 0.6) is 0 Å². The average molecular weight is 681 g/mol. The maximum atomic E-state index is 12.8. The van der Waals surface area contributed by atoms with Gasteiger partial charge in [-0.2, -0.15) is 5.06 Å². The molecule has 2 saturated heterocycles. The van der Waals surface area contributed by atoms with E-state index >= 15 is 0 Å². The van der Waals surface area contributed by atoms with Gasteiger partial charge in [0.25, 0.3) is 5.91 Å². The molecule has 48 heavy (non-hydrogen) atoms. The maximum absolute atomic E-state index is 12.8. The number of fused-ring (bicyclic) bond motifs is 2. The number of hydrogen-bond donors (Lipinski definition) is 0. The lowest BCUT2D eigenvalue weighted by Gasteiger charge is -2.43. The Hall–Kier alpha value is -3.93. The molecule has 7 atom stereocenters. The third-order valence-corrected chi connectivity index (χ3v) is 7.81. The Morgan fingerprint density at radius 1 is 0.792 bits per heavy atom. The third kappa shape index (κ3) is 9.58. The summed E-state index contributed by atoms with van der Waals surface area (Å²) in [7, 11) is 0. The lowest BCUT2D eigenvalue weighted by Crippen LogP contribution is -2.62. The highest BCUT2D eigenvalue weighted by Gasteiger charge is 2.54. The van der Waals surface area contributed by atoms with Crippen LogP contribution in [0.25, 0.3) is 0 Å². The summed E-state index contributed by atoms with van der Waals surface area (Å²) < 4.78 is 40.3. The van der Waals surface area contributed by atoms with E-state index in [4.69, 9.17) is 38.0 Å². The number of hydroxylamine groups is 2. The number of rotatable bonds is 16. The Kier molecular flexibility index (Phi) is 12.6. The van der Waals surface area contributed by atoms with Crippen LogP contribution in [0.3, 0.4) is 0 Å². The van der Waals surface area contributed by atoms with Gasteiger partial charge in [-0.1, -0.05) is 24.1 Å². The number of carbonyl (C=O) groups is 5. The van der Waals surface area contributed by atoms with Crippen molar-refractivity contribution in [2.45, 2.75) is 123 Å². The zero-order chi connectivity index (χ0) is 35.0. The first kappa shape index (κ1) is 36.9. The van der Waals surface area contributed by atoms with Gasteiger partial charge in [-0.05, 0) is 32.8 Å². The molecule has 266 valence electrons. The van der Waals surface area contributed by atoms with Crippen molar-refractivity contribution in [3.63, 3.8) is 0 Å². The first-order valence-corrected chi connectivity index (χ1v) is 15.9. The molecule has 2 fully saturated rings. The van der Waals surface area contributed by atoms with E-state index in [1.54, 1.807) is 10.9 Å². The number of amides is 1. The van der Waals surface area contributed by atoms with Crippen LogP contribution in [-0.2, 0) is 74.9 Å². The second kappa shape index (κ2) is 16.5. The van der Waals surface area contributed by atoms with Crippen molar-refractivity contribution in [2.75, 3.05) is 13.2 Å². The Balaban J connectivity index is 1.22. The van der Waals surface area contributed by atoms with Crippen LogP contribution in [0.2, 0.25) is 0 Å². The average Bonchev–Trinajstić information content (AvgIpc) is 3.65. The van der Waals surface area contributed by atoms with Gasteiger partial charge in [0.15, 0.2) is 18.4 Å². The number of hydrogen-bond acceptors (Lipinski definition) is 15. The molecule has 0 aromatic carbocycles. The molecule has 17 heteroatoms. The molecule has 0 aliphatic carbocycles. The quantitative estimate of drug-likeness (QED) is 0.105. The number of esters is 4. The first-order chi connectivity index (χ1) is 22.8. The van der Waals surface area contributed by atoms with Crippen molar-refractivity contribution in [2.24, 2.45) is 5.41 Å². The Bertz CT molecular complexity index is 1350. The van der Waals surface area contributed by atoms with Crippen molar-refractivity contribution >= 4 is 29.8 Å². The predicted molar refractivity (Wildman–Crippen MR) is 160 cm³/mol. The van der Waals surface area contributed by atoms with Gasteiger partial charge in [0, 0.05) is 46.9 Å². The molecule has 1 aromatic heterocycles. The topological polar surface area (TPSA) is 193 Å². The van der Waals surface area contributed by atoms with Crippen molar-refractivity contribution < 1.29 is 62.0 Å². The molecule has 0 radical (unpaired) electrons. The molecule has 0 spiro atoms. The SMILES string of the molecule is CC(=O)O[C@H]1O[C@H](OCCc2cn(CCCCCCON3C(=O)C(C)(C)C4C=CC3O4)nn2)[C@@H](OC(C)=O)[C@@H](OC(C)=O)[C@@H]1OC(C)=O. The molecule has 3 aliphatic rings. The molecule has 0 saturated carbocycles. The molecule has 1 amide bonds. The van der Waals surface area contributed by atoms with Crippen molar-refractivity contribution in [3.05, 3.63) is 24.0 Å². The minimum atomic E-state index is -1.51. The summed E-state index contributed by atoms with van der Waals surface area (Å²) in [6, 6.07) is 0. The lowest BCUT2D eigenvalue weighted by atomic mass is 9.85. The van der Waals surface area contributed by atoms with E-state index < -0.39 is 66.4 Å². The van der Waals surface area contributed by atoms with Gasteiger partial charge in [-0.25, -0.2) is 0 Å². The highest BCUT2D eigenvalue weighted by Crippen LogP contribution is 2.38. The fourth-order valence-electron chi connectivity index (χ4n) is 5.50. The molecule has 1 aromatic rings. The highest BCUT2D eigenvalue weighted by molar-refractivity contribution is 5.83. The number of carbonyl (C=O) groups excluding carboxylic acids is 5. The van der Waals surface area contributed by atoms with E-state index in [1.807, 2.05) is 26.0 Å². The molecular formula is C31H44N4O13. The zero-order valence-electron chi connectivity index (χ0n) is 28.0. The largest absolute Gasteiger partial charge is 0.454 e. The summed E-state index contributed by atoms with van der Waals surface area (Å²) >= 11 is 0. The van der Waals surface area contributed by atoms with E-state index in [0.29, 0.717) is 25.3 Å². The van der Waals surface area contributed by atoms with Crippen molar-refractivity contribution in [3.8, 4) is 0 Å². The van der Waals surface area contributed by atoms with Crippen LogP contribution in [0, 0.1) is 5.41 Å². The molecular weight excluding hydrogens is 636 g/mol. The van der Waals surface area contributed by atoms with Crippen LogP contribution in [-0.4, -0.2) is 106 Å². The maximum Gasteiger partial charge on any atom is 0.305 e. The molecule has 4 rings (SSSR count). The normalized spacial score (nSPS) is 27.4. The second-order valence-electron chi connectivity index (χ2n) is 12.2. The van der Waals surface area contributed by atoms with Crippen LogP contribution < -0.4 is 0 Å². The van der Waals surface area contributed by atoms with Gasteiger partial charge in [0.2, 0.25) is 18.7 Å². The van der Waals surface area contributed by atoms with Gasteiger partial charge in [0.1, 0.15) is 0 Å². The number of aryl methyl sites for hydroxylation is 1. The van der Waals surface area contributed by atoms with Gasteiger partial charge >= 0.3 is 23.9 Å². The fraction of sp³-hybridized carbons (Fsp3) is 0.710. The number of nitrogens with zero attached hydrogens (tertiary/aromatic N) is 4. The van der Waals surface area contributed by atoms with E-state index in [0.717, 1.165) is 53.4 Å². The fourth-order valence-corrected chi connectivity index (χ4v) is 5.50. The summed E-state index contributed by atoms with van der Waals surface area (Å²) in [6.45, 7) is 9.26. The molecule has 4 heterocycles. The molecule has 2 unspecified atom stereocenters. The van der Waals surface area contributed by atoms with Crippen LogP contribution in [0.4, 0.5) is 0 Å². The smallest absolute Gasteiger partial charge is 0.305 e. The lowest BCUT2D eigenvalue weighted by molar-refractivity contribution is -0.344. The summed E-state index contributed by atoms with van der Waals surface area (Å²) in [5.74, 6) is -3.12. The Morgan fingerprint density at radius 3 is 2.08 bits per heavy atom. The molecule has 3 aliphatic heterocycles. The van der Waals surface area contributed by atoms with E-state index in [9.17, 15) is 24.0 Å². The zero-order valence-corrected chi connectivity index (χ0v) is 28.0. The molecule has 2 bridgehead atoms. The van der Waals surface area contributed by atoms with Crippen LogP contribution >= 0.6 is 0 Å². The number of unbranched alkanes of at least 4 members (excludes halogenated alkanes) is 3. The Morgan fingerprint density at radius 2 is 1.42 bits per heavy atom. The Labute approximate surface area is 278 Å². The standard InChI is InChI=1S/C31H44N4O13/c1-18(36)43-25-26(44-19(2)37)28(48-29(46-21(4)39)27(25)45-20(3)38)41-16-13-22-17-34(33-32-22)14-9-7-8-10-15-42-35-24-12-11-23(47-24)31(5,6)30(35)40/h11-12,17,23-29H,7-10,13-16H2,1-6H3/t23?,24?,25-,26+,27+,28+,29+/m1/s1. The van der Waals surface area contributed by atoms with E-state index in [1.165, 1.54) is 5.06 Å². The molecule has 17 nitrogen and oxygen atoms in total. The minimum absolute atomic E-state index is 0.0119. The first-order valence-electron chi connectivity index (χ1n) is 15.9. The third-order valence-electron chi connectivity index (χ3n) is 7.81. The van der Waals surface area contributed by atoms with Gasteiger partial charge < -0.3 is 33.2 Å². The van der Waals surface area contributed by atoms with Gasteiger partial charge in [-0.3, -0.25) is 33.5 Å². The van der Waals surface area contributed by atoms with E-state index in [2.05, 4.69) is 10.3 Å². The summed E-state index contributed by atoms with van der Waals surface area (Å²) in [4.78, 5) is 66.0. The van der Waals surface area contributed by atoms with Crippen LogP contribution in [0.1, 0.15) is 72.9 Å². The van der Waals surface area contributed by atoms with E-state index in [-0.39, 0.29) is 18.6 Å². The summed E-state index contributed by atoms with van der Waals surface area (Å²) in [6.07, 6.45) is 1.54. The van der Waals surface area contributed by atoms with Crippen LogP contribution in [0.15, 0.2) is 18.3 Å². The predicted octanol–water partition coefficient (Wildman–Crippen LogP) is 1.52.